The van der Waals surface area contributed by atoms with Crippen molar-refractivity contribution in [1.29, 1.82) is 0 Å². The second kappa shape index (κ2) is 10.3. The second-order valence-corrected chi connectivity index (χ2v) is 9.15. The van der Waals surface area contributed by atoms with Crippen molar-refractivity contribution in [2.75, 3.05) is 24.2 Å². The molecule has 0 aliphatic heterocycles. The van der Waals surface area contributed by atoms with Gasteiger partial charge in [0.05, 0.1) is 25.6 Å². The van der Waals surface area contributed by atoms with Gasteiger partial charge in [-0.3, -0.25) is 9.10 Å². The van der Waals surface area contributed by atoms with Crippen LogP contribution in [0.3, 0.4) is 0 Å². The van der Waals surface area contributed by atoms with Gasteiger partial charge in [0.15, 0.2) is 0 Å². The van der Waals surface area contributed by atoms with Crippen LogP contribution in [-0.4, -0.2) is 44.4 Å². The summed E-state index contributed by atoms with van der Waals surface area (Å²) in [4.78, 5) is 16.5. The molecule has 0 radical (unpaired) electrons. The van der Waals surface area contributed by atoms with Crippen LogP contribution >= 0.6 is 0 Å². The van der Waals surface area contributed by atoms with Gasteiger partial charge in [-0.15, -0.1) is 0 Å². The average Bonchev–Trinajstić information content (AvgIpc) is 3.24. The van der Waals surface area contributed by atoms with Crippen LogP contribution in [0.4, 0.5) is 5.69 Å². The van der Waals surface area contributed by atoms with Crippen LogP contribution in [0, 0.1) is 6.92 Å². The molecule has 0 aliphatic rings. The van der Waals surface area contributed by atoms with E-state index in [1.165, 1.54) is 4.31 Å². The van der Waals surface area contributed by atoms with Crippen molar-refractivity contribution in [1.82, 2.24) is 15.5 Å². The van der Waals surface area contributed by atoms with E-state index in [2.05, 4.69) is 15.5 Å². The van der Waals surface area contributed by atoms with E-state index in [0.29, 0.717) is 29.6 Å². The van der Waals surface area contributed by atoms with Crippen LogP contribution in [0.25, 0.3) is 11.4 Å². The van der Waals surface area contributed by atoms with Crippen LogP contribution in [-0.2, 0) is 21.4 Å². The summed E-state index contributed by atoms with van der Waals surface area (Å²) in [6, 6.07) is 14.4. The minimum atomic E-state index is -3.49. The highest BCUT2D eigenvalue weighted by Crippen LogP contribution is 2.22. The highest BCUT2D eigenvalue weighted by atomic mass is 32.2. The van der Waals surface area contributed by atoms with E-state index in [0.717, 1.165) is 17.4 Å². The molecule has 3 aromatic rings. The number of nitrogens with zero attached hydrogens (tertiary/aromatic N) is 3. The number of benzene rings is 2. The molecule has 1 amide bonds. The lowest BCUT2D eigenvalue weighted by atomic mass is 10.1. The molecule has 170 valence electrons. The quantitative estimate of drug-likeness (QED) is 0.497. The Kier molecular flexibility index (Phi) is 7.47. The normalized spacial score (nSPS) is 11.2. The van der Waals surface area contributed by atoms with Crippen LogP contribution in [0.15, 0.2) is 53.1 Å². The van der Waals surface area contributed by atoms with Gasteiger partial charge in [-0.2, -0.15) is 4.98 Å². The molecule has 10 heteroatoms. The van der Waals surface area contributed by atoms with Crippen LogP contribution in [0.2, 0.25) is 0 Å². The predicted molar refractivity (Wildman–Crippen MR) is 121 cm³/mol. The molecular formula is C22H26N4O5S. The maximum Gasteiger partial charge on any atom is 0.246 e. The number of hydrogen-bond donors (Lipinski definition) is 1. The van der Waals surface area contributed by atoms with Crippen LogP contribution < -0.4 is 14.4 Å². The highest BCUT2D eigenvalue weighted by molar-refractivity contribution is 7.92. The number of carbonyl (C=O) groups excluding carboxylic acids is 1. The smallest absolute Gasteiger partial charge is 0.246 e. The average molecular weight is 459 g/mol. The highest BCUT2D eigenvalue weighted by Gasteiger charge is 2.18. The molecule has 1 N–H and O–H groups in total. The topological polar surface area (TPSA) is 115 Å². The van der Waals surface area contributed by atoms with Crippen molar-refractivity contribution in [3.63, 3.8) is 0 Å². The summed E-state index contributed by atoms with van der Waals surface area (Å²) in [6.07, 6.45) is 1.64. The van der Waals surface area contributed by atoms with E-state index in [1.807, 2.05) is 31.2 Å². The number of sulfonamides is 1. The fraction of sp³-hybridized carbons (Fsp3) is 0.318. The summed E-state index contributed by atoms with van der Waals surface area (Å²) < 4.78 is 36.0. The Morgan fingerprint density at radius 1 is 1.16 bits per heavy atom. The molecule has 0 aliphatic carbocycles. The van der Waals surface area contributed by atoms with Gasteiger partial charge in [0, 0.05) is 18.5 Å². The number of ether oxygens (including phenoxy) is 1. The van der Waals surface area contributed by atoms with Crippen molar-refractivity contribution >= 4 is 21.6 Å². The summed E-state index contributed by atoms with van der Waals surface area (Å²) in [6.45, 7) is 2.24. The molecule has 1 aromatic heterocycles. The first-order valence-corrected chi connectivity index (χ1v) is 11.9. The number of methoxy groups -OCH3 is 1. The third kappa shape index (κ3) is 6.07. The summed E-state index contributed by atoms with van der Waals surface area (Å²) in [7, 11) is -1.95. The van der Waals surface area contributed by atoms with Crippen molar-refractivity contribution in [2.24, 2.45) is 0 Å². The van der Waals surface area contributed by atoms with Gasteiger partial charge in [0.2, 0.25) is 27.6 Å². The lowest BCUT2D eigenvalue weighted by molar-refractivity contribution is -0.121. The monoisotopic (exact) mass is 458 g/mol. The lowest BCUT2D eigenvalue weighted by Crippen LogP contribution is -2.32. The van der Waals surface area contributed by atoms with Gasteiger partial charge in [-0.25, -0.2) is 8.42 Å². The van der Waals surface area contributed by atoms with E-state index >= 15 is 0 Å². The van der Waals surface area contributed by atoms with E-state index in [4.69, 9.17) is 9.26 Å². The van der Waals surface area contributed by atoms with Gasteiger partial charge >= 0.3 is 0 Å². The Morgan fingerprint density at radius 2 is 1.88 bits per heavy atom. The number of aryl methyl sites for hydroxylation is 1. The Labute approximate surface area is 187 Å². The van der Waals surface area contributed by atoms with Crippen molar-refractivity contribution in [3.8, 4) is 17.1 Å². The molecule has 32 heavy (non-hydrogen) atoms. The van der Waals surface area contributed by atoms with Gasteiger partial charge in [-0.1, -0.05) is 29.4 Å². The number of aromatic nitrogens is 2. The van der Waals surface area contributed by atoms with Gasteiger partial charge in [0.1, 0.15) is 5.75 Å². The summed E-state index contributed by atoms with van der Waals surface area (Å²) >= 11 is 0. The van der Waals surface area contributed by atoms with Crippen molar-refractivity contribution < 1.29 is 22.5 Å². The molecular weight excluding hydrogens is 432 g/mol. The molecule has 3 rings (SSSR count). The number of carbonyl (C=O) groups is 1. The van der Waals surface area contributed by atoms with Crippen LogP contribution in [0.5, 0.6) is 5.75 Å². The molecule has 0 bridgehead atoms. The minimum Gasteiger partial charge on any atom is -0.497 e. The summed E-state index contributed by atoms with van der Waals surface area (Å²) in [5.41, 5.74) is 2.41. The molecule has 0 spiro atoms. The lowest BCUT2D eigenvalue weighted by Gasteiger charge is -2.22. The van der Waals surface area contributed by atoms with Crippen LogP contribution in [0.1, 0.15) is 24.3 Å². The number of hydrogen-bond acceptors (Lipinski definition) is 7. The fourth-order valence-electron chi connectivity index (χ4n) is 3.14. The molecule has 2 aromatic carbocycles. The molecule has 9 nitrogen and oxygen atoms in total. The van der Waals surface area contributed by atoms with Gasteiger partial charge < -0.3 is 14.6 Å². The van der Waals surface area contributed by atoms with E-state index in [9.17, 15) is 13.2 Å². The van der Waals surface area contributed by atoms with E-state index in [1.54, 1.807) is 31.4 Å². The number of nitrogens with one attached hydrogen (secondary N) is 1. The Bertz CT molecular complexity index is 1160. The second-order valence-electron chi connectivity index (χ2n) is 7.24. The van der Waals surface area contributed by atoms with E-state index < -0.39 is 10.0 Å². The standard InChI is InChI=1S/C22H26N4O5S/c1-16-7-4-5-8-19(16)22-24-21(31-25-22)15-23-20(27)9-6-14-26(32(3,28)29)17-10-12-18(30-2)13-11-17/h4-5,7-8,10-13H,6,9,14-15H2,1-3H3,(H,23,27). The number of rotatable bonds is 10. The molecule has 0 saturated carbocycles. The molecule has 0 unspecified atom stereocenters. The zero-order valence-electron chi connectivity index (χ0n) is 18.2. The first-order chi connectivity index (χ1) is 15.3. The van der Waals surface area contributed by atoms with Crippen molar-refractivity contribution in [2.45, 2.75) is 26.3 Å². The molecule has 0 atom stereocenters. The third-order valence-electron chi connectivity index (χ3n) is 4.82. The molecule has 1 heterocycles. The Balaban J connectivity index is 1.51. The largest absolute Gasteiger partial charge is 0.497 e. The number of amides is 1. The minimum absolute atomic E-state index is 0.103. The zero-order valence-corrected chi connectivity index (χ0v) is 19.1. The first-order valence-electron chi connectivity index (χ1n) is 10.0. The summed E-state index contributed by atoms with van der Waals surface area (Å²) in [5, 5.41) is 6.69. The van der Waals surface area contributed by atoms with Gasteiger partial charge in [0.25, 0.3) is 0 Å². The Morgan fingerprint density at radius 3 is 2.53 bits per heavy atom. The Hall–Kier alpha value is -3.40. The zero-order chi connectivity index (χ0) is 23.1. The first kappa shape index (κ1) is 23.3. The molecule has 0 fully saturated rings. The summed E-state index contributed by atoms with van der Waals surface area (Å²) in [5.74, 6) is 1.17. The predicted octanol–water partition coefficient (Wildman–Crippen LogP) is 2.92. The number of anilines is 1. The fourth-order valence-corrected chi connectivity index (χ4v) is 4.11. The maximum atomic E-state index is 12.2. The van der Waals surface area contributed by atoms with E-state index in [-0.39, 0.29) is 25.4 Å². The van der Waals surface area contributed by atoms with Crippen molar-refractivity contribution in [3.05, 3.63) is 60.0 Å². The third-order valence-corrected chi connectivity index (χ3v) is 6.01. The van der Waals surface area contributed by atoms with Gasteiger partial charge in [-0.05, 0) is 43.2 Å². The molecule has 0 saturated heterocycles. The SMILES string of the molecule is COc1ccc(N(CCCC(=O)NCc2nc(-c3ccccc3C)no2)S(C)(=O)=O)cc1. The maximum absolute atomic E-state index is 12.2.